The topological polar surface area (TPSA) is 212 Å². The lowest BCUT2D eigenvalue weighted by molar-refractivity contribution is -0.160. The van der Waals surface area contributed by atoms with Gasteiger partial charge in [-0.05, 0) is 75.0 Å². The zero-order valence-corrected chi connectivity index (χ0v) is 31.8. The SMILES string of the molecule is CC(=O)CC[C@H]1C(=O)N[C@@H](C(C)C)C(=O)N[C@@H](Cc2cccc(O)c2)C(=O)N2CCC[C@H](N2)C(=O)O[C@H](C(C)CC=O)CCCCC[C@H](O)[C@H](C)[C@H]1O. The molecule has 1 aromatic rings. The Morgan fingerprint density at radius 2 is 1.72 bits per heavy atom. The van der Waals surface area contributed by atoms with Crippen molar-refractivity contribution in [3.8, 4) is 5.75 Å². The smallest absolute Gasteiger partial charge is 0.325 e. The second kappa shape index (κ2) is 21.1. The number of amides is 3. The normalized spacial score (nSPS) is 29.5. The molecule has 9 atom stereocenters. The fourth-order valence-corrected chi connectivity index (χ4v) is 7.02. The molecule has 0 aliphatic carbocycles. The first-order valence-electron chi connectivity index (χ1n) is 19.1. The summed E-state index contributed by atoms with van der Waals surface area (Å²) in [4.78, 5) is 78.9. The van der Waals surface area contributed by atoms with Gasteiger partial charge in [0.2, 0.25) is 11.8 Å². The van der Waals surface area contributed by atoms with Crippen LogP contribution in [0.2, 0.25) is 0 Å². The summed E-state index contributed by atoms with van der Waals surface area (Å²) in [6, 6.07) is 3.09. The van der Waals surface area contributed by atoms with E-state index in [2.05, 4.69) is 16.1 Å². The molecule has 296 valence electrons. The molecular formula is C39H60N4O10. The number of rotatable bonds is 9. The molecule has 14 nitrogen and oxygen atoms in total. The van der Waals surface area contributed by atoms with Crippen LogP contribution in [0.5, 0.6) is 5.75 Å². The molecule has 2 fully saturated rings. The zero-order chi connectivity index (χ0) is 39.2. The van der Waals surface area contributed by atoms with E-state index in [4.69, 9.17) is 4.74 Å². The third-order valence-electron chi connectivity index (χ3n) is 10.5. The van der Waals surface area contributed by atoms with Crippen molar-refractivity contribution in [2.45, 2.75) is 142 Å². The predicted molar refractivity (Wildman–Crippen MR) is 196 cm³/mol. The van der Waals surface area contributed by atoms with Gasteiger partial charge in [-0.1, -0.05) is 52.7 Å². The van der Waals surface area contributed by atoms with E-state index in [9.17, 15) is 44.1 Å². The molecule has 53 heavy (non-hydrogen) atoms. The van der Waals surface area contributed by atoms with Crippen LogP contribution in [0.1, 0.15) is 104 Å². The van der Waals surface area contributed by atoms with Crippen LogP contribution < -0.4 is 16.1 Å². The predicted octanol–water partition coefficient (Wildman–Crippen LogP) is 2.50. The third kappa shape index (κ3) is 13.2. The van der Waals surface area contributed by atoms with E-state index in [1.807, 2.05) is 6.92 Å². The van der Waals surface area contributed by atoms with Gasteiger partial charge >= 0.3 is 5.97 Å². The number of esters is 1. The highest BCUT2D eigenvalue weighted by Gasteiger charge is 2.39. The Morgan fingerprint density at radius 3 is 2.38 bits per heavy atom. The molecule has 0 radical (unpaired) electrons. The Labute approximate surface area is 312 Å². The number of carbonyl (C=O) groups is 6. The highest BCUT2D eigenvalue weighted by molar-refractivity contribution is 5.93. The molecule has 2 heterocycles. The van der Waals surface area contributed by atoms with E-state index < -0.39 is 77.9 Å². The first-order chi connectivity index (χ1) is 25.1. The van der Waals surface area contributed by atoms with E-state index in [1.54, 1.807) is 32.9 Å². The number of carbonyl (C=O) groups excluding carboxylic acids is 6. The molecule has 2 saturated heterocycles. The van der Waals surface area contributed by atoms with Crippen molar-refractivity contribution in [2.24, 2.45) is 23.7 Å². The maximum atomic E-state index is 14.2. The molecular weight excluding hydrogens is 684 g/mol. The van der Waals surface area contributed by atoms with Gasteiger partial charge in [0.1, 0.15) is 42.0 Å². The van der Waals surface area contributed by atoms with E-state index >= 15 is 0 Å². The number of hydrogen-bond donors (Lipinski definition) is 6. The highest BCUT2D eigenvalue weighted by Crippen LogP contribution is 2.26. The number of ketones is 1. The monoisotopic (exact) mass is 744 g/mol. The summed E-state index contributed by atoms with van der Waals surface area (Å²) < 4.78 is 5.96. The molecule has 1 unspecified atom stereocenters. The van der Waals surface area contributed by atoms with Crippen molar-refractivity contribution in [3.63, 3.8) is 0 Å². The number of cyclic esters (lactones) is 1. The van der Waals surface area contributed by atoms with Crippen LogP contribution in [-0.4, -0.2) is 99.1 Å². The van der Waals surface area contributed by atoms with E-state index in [0.29, 0.717) is 50.5 Å². The lowest BCUT2D eigenvalue weighted by atomic mass is 9.83. The lowest BCUT2D eigenvalue weighted by Gasteiger charge is -2.36. The van der Waals surface area contributed by atoms with E-state index in [-0.39, 0.29) is 49.7 Å². The van der Waals surface area contributed by atoms with Crippen LogP contribution in [-0.2, 0) is 39.9 Å². The molecule has 2 aliphatic rings. The number of hydrazine groups is 1. The number of aliphatic hydroxyl groups excluding tert-OH is 2. The summed E-state index contributed by atoms with van der Waals surface area (Å²) in [5.41, 5.74) is 3.55. The second-order valence-electron chi connectivity index (χ2n) is 15.2. The summed E-state index contributed by atoms with van der Waals surface area (Å²) >= 11 is 0. The number of aromatic hydroxyl groups is 1. The Hall–Kier alpha value is -3.88. The van der Waals surface area contributed by atoms with Crippen molar-refractivity contribution in [1.29, 1.82) is 0 Å². The van der Waals surface area contributed by atoms with Gasteiger partial charge in [-0.2, -0.15) is 0 Å². The summed E-state index contributed by atoms with van der Waals surface area (Å²) in [6.45, 7) is 8.55. The van der Waals surface area contributed by atoms with Crippen LogP contribution in [0.25, 0.3) is 0 Å². The molecule has 1 aromatic carbocycles. The number of phenolic OH excluding ortho intramolecular Hbond substituents is 1. The molecule has 6 N–H and O–H groups in total. The molecule has 3 amide bonds. The van der Waals surface area contributed by atoms with Crippen LogP contribution in [0.15, 0.2) is 24.3 Å². The number of Topliss-reactive ketones (excluding diaryl/α,β-unsaturated/α-hetero) is 1. The quantitative estimate of drug-likeness (QED) is 0.160. The van der Waals surface area contributed by atoms with Gasteiger partial charge < -0.3 is 40.3 Å². The van der Waals surface area contributed by atoms with Gasteiger partial charge in [0.15, 0.2) is 0 Å². The first kappa shape index (κ1) is 43.5. The first-order valence-corrected chi connectivity index (χ1v) is 19.1. The van der Waals surface area contributed by atoms with Crippen molar-refractivity contribution >= 4 is 35.8 Å². The second-order valence-corrected chi connectivity index (χ2v) is 15.2. The maximum absolute atomic E-state index is 14.2. The largest absolute Gasteiger partial charge is 0.508 e. The number of nitrogens with one attached hydrogen (secondary N) is 3. The molecule has 2 aliphatic heterocycles. The number of aliphatic hydroxyl groups is 2. The summed E-state index contributed by atoms with van der Waals surface area (Å²) in [7, 11) is 0. The summed E-state index contributed by atoms with van der Waals surface area (Å²) in [5, 5.41) is 39.5. The third-order valence-corrected chi connectivity index (χ3v) is 10.5. The molecule has 0 spiro atoms. The Kier molecular flexibility index (Phi) is 17.3. The molecule has 2 bridgehead atoms. The van der Waals surface area contributed by atoms with Crippen molar-refractivity contribution in [2.75, 3.05) is 6.54 Å². The molecule has 14 heteroatoms. The number of aldehydes is 1. The number of fused-ring (bicyclic) bond motifs is 2. The van der Waals surface area contributed by atoms with Gasteiger partial charge in [0.25, 0.3) is 5.91 Å². The summed E-state index contributed by atoms with van der Waals surface area (Å²) in [6.07, 6.45) is 1.70. The molecule has 3 rings (SSSR count). The van der Waals surface area contributed by atoms with Gasteiger partial charge in [-0.3, -0.25) is 24.2 Å². The van der Waals surface area contributed by atoms with Crippen molar-refractivity contribution in [1.82, 2.24) is 21.1 Å². The van der Waals surface area contributed by atoms with Crippen molar-refractivity contribution < 1.29 is 48.8 Å². The highest BCUT2D eigenvalue weighted by atomic mass is 16.5. The van der Waals surface area contributed by atoms with E-state index in [1.165, 1.54) is 24.1 Å². The number of hydrogen-bond acceptors (Lipinski definition) is 11. The fraction of sp³-hybridized carbons (Fsp3) is 0.692. The van der Waals surface area contributed by atoms with E-state index in [0.717, 1.165) is 6.29 Å². The summed E-state index contributed by atoms with van der Waals surface area (Å²) in [5.74, 6) is -5.19. The average Bonchev–Trinajstić information content (AvgIpc) is 3.11. The van der Waals surface area contributed by atoms with Crippen LogP contribution in [0, 0.1) is 23.7 Å². The minimum absolute atomic E-state index is 0.00527. The van der Waals surface area contributed by atoms with Gasteiger partial charge in [-0.15, -0.1) is 0 Å². The standard InChI is InChI=1S/C39H60N4O10/c1-23(2)34-37(50)40-31(22-27-11-9-12-28(46)21-27)38(51)43-19-10-13-30(42-43)39(52)53-33(24(3)18-20-44)15-8-6-7-14-32(47)26(5)35(48)29(36(49)41-34)17-16-25(4)45/h9,11-12,20-21,23-24,26,29-35,42,46-48H,6-8,10,13-19,22H2,1-5H3,(H,40,50)(H,41,49)/t24?,26-,29+,30-,31-,32-,33-,34-,35+/m0/s1. The Bertz CT molecular complexity index is 1410. The minimum atomic E-state index is -1.33. The van der Waals surface area contributed by atoms with Crippen molar-refractivity contribution in [3.05, 3.63) is 29.8 Å². The number of nitrogens with zero attached hydrogens (tertiary/aromatic N) is 1. The average molecular weight is 745 g/mol. The Balaban J connectivity index is 2.00. The molecule has 0 aromatic heterocycles. The van der Waals surface area contributed by atoms with Gasteiger partial charge in [-0.25, -0.2) is 5.43 Å². The fourth-order valence-electron chi connectivity index (χ4n) is 7.02. The van der Waals surface area contributed by atoms with Crippen LogP contribution in [0.4, 0.5) is 0 Å². The Morgan fingerprint density at radius 1 is 1.00 bits per heavy atom. The number of phenols is 1. The van der Waals surface area contributed by atoms with Gasteiger partial charge in [0, 0.05) is 31.7 Å². The van der Waals surface area contributed by atoms with Gasteiger partial charge in [0.05, 0.1) is 18.1 Å². The zero-order valence-electron chi connectivity index (χ0n) is 31.8. The van der Waals surface area contributed by atoms with Crippen LogP contribution >= 0.6 is 0 Å². The molecule has 0 saturated carbocycles. The maximum Gasteiger partial charge on any atom is 0.325 e. The lowest BCUT2D eigenvalue weighted by Crippen LogP contribution is -2.62. The number of ether oxygens (including phenoxy) is 1. The minimum Gasteiger partial charge on any atom is -0.508 e. The van der Waals surface area contributed by atoms with Crippen LogP contribution in [0.3, 0.4) is 0 Å². The number of benzene rings is 1.